The van der Waals surface area contributed by atoms with E-state index in [9.17, 15) is 4.79 Å². The lowest BCUT2D eigenvalue weighted by molar-refractivity contribution is -0.160. The lowest BCUT2D eigenvalue weighted by Gasteiger charge is -2.44. The number of methoxy groups -OCH3 is 1. The summed E-state index contributed by atoms with van der Waals surface area (Å²) in [6, 6.07) is 0. The highest BCUT2D eigenvalue weighted by Gasteiger charge is 2.48. The number of carbonyl (C=O) groups is 1. The number of amides is 1. The molecule has 23 heavy (non-hydrogen) atoms. The Balaban J connectivity index is 1.73. The molecule has 0 radical (unpaired) electrons. The maximum atomic E-state index is 12.8. The molecule has 128 valence electrons. The molecular weight excluding hydrogens is 294 g/mol. The fourth-order valence-electron chi connectivity index (χ4n) is 4.02. The van der Waals surface area contributed by atoms with Crippen molar-refractivity contribution in [1.82, 2.24) is 14.7 Å². The van der Waals surface area contributed by atoms with E-state index >= 15 is 0 Å². The van der Waals surface area contributed by atoms with Crippen LogP contribution in [0.2, 0.25) is 0 Å². The Bertz CT molecular complexity index is 590. The minimum absolute atomic E-state index is 0.0934. The Morgan fingerprint density at radius 1 is 1.48 bits per heavy atom. The normalized spacial score (nSPS) is 27.8. The minimum Gasteiger partial charge on any atom is -0.378 e. The molecule has 0 aromatic carbocycles. The van der Waals surface area contributed by atoms with E-state index in [0.29, 0.717) is 13.0 Å². The first kappa shape index (κ1) is 16.5. The molecule has 0 unspecified atom stereocenters. The van der Waals surface area contributed by atoms with E-state index in [0.717, 1.165) is 49.4 Å². The summed E-state index contributed by atoms with van der Waals surface area (Å²) < 4.78 is 13.5. The van der Waals surface area contributed by atoms with Gasteiger partial charge < -0.3 is 14.4 Å². The van der Waals surface area contributed by atoms with Gasteiger partial charge in [-0.1, -0.05) is 0 Å². The predicted octanol–water partition coefficient (Wildman–Crippen LogP) is 1.38. The zero-order valence-electron chi connectivity index (χ0n) is 14.6. The molecule has 6 heteroatoms. The Morgan fingerprint density at radius 3 is 2.83 bits per heavy atom. The van der Waals surface area contributed by atoms with E-state index in [1.165, 1.54) is 0 Å². The average Bonchev–Trinajstić information content (AvgIpc) is 3.08. The second-order valence-corrected chi connectivity index (χ2v) is 6.79. The van der Waals surface area contributed by atoms with Gasteiger partial charge in [-0.05, 0) is 33.1 Å². The van der Waals surface area contributed by atoms with Crippen molar-refractivity contribution in [3.8, 4) is 0 Å². The van der Waals surface area contributed by atoms with Crippen molar-refractivity contribution in [3.05, 3.63) is 17.0 Å². The lowest BCUT2D eigenvalue weighted by atomic mass is 9.86. The average molecular weight is 321 g/mol. The first-order chi connectivity index (χ1) is 11.0. The molecular formula is C17H27N3O3. The molecule has 1 aromatic heterocycles. The summed E-state index contributed by atoms with van der Waals surface area (Å²) in [5.41, 5.74) is 2.75. The van der Waals surface area contributed by atoms with Gasteiger partial charge in [0, 0.05) is 38.6 Å². The number of hydrogen-bond acceptors (Lipinski definition) is 4. The van der Waals surface area contributed by atoms with Gasteiger partial charge in [0.1, 0.15) is 5.60 Å². The number of rotatable bonds is 3. The molecule has 0 aliphatic carbocycles. The molecule has 1 aromatic rings. The van der Waals surface area contributed by atoms with Gasteiger partial charge in [-0.3, -0.25) is 9.48 Å². The Hall–Kier alpha value is -1.40. The highest BCUT2D eigenvalue weighted by atomic mass is 16.6. The van der Waals surface area contributed by atoms with E-state index < -0.39 is 0 Å². The SMILES string of the molecule is CO[C@H]1CCN(C(=O)Cc2c(C)nn(C)c2C)C[C@@]12CCCO2. The smallest absolute Gasteiger partial charge is 0.227 e. The lowest BCUT2D eigenvalue weighted by Crippen LogP contribution is -2.58. The molecule has 2 atom stereocenters. The van der Waals surface area contributed by atoms with Crippen molar-refractivity contribution >= 4 is 5.91 Å². The van der Waals surface area contributed by atoms with Crippen LogP contribution in [0, 0.1) is 13.8 Å². The van der Waals surface area contributed by atoms with Gasteiger partial charge in [0.25, 0.3) is 0 Å². The maximum Gasteiger partial charge on any atom is 0.227 e. The van der Waals surface area contributed by atoms with Gasteiger partial charge >= 0.3 is 0 Å². The van der Waals surface area contributed by atoms with Crippen molar-refractivity contribution in [3.63, 3.8) is 0 Å². The first-order valence-corrected chi connectivity index (χ1v) is 8.40. The second-order valence-electron chi connectivity index (χ2n) is 6.79. The molecule has 1 spiro atoms. The zero-order valence-corrected chi connectivity index (χ0v) is 14.6. The Kier molecular flexibility index (Phi) is 4.47. The Labute approximate surface area is 137 Å². The second kappa shape index (κ2) is 6.24. The summed E-state index contributed by atoms with van der Waals surface area (Å²) in [7, 11) is 3.66. The van der Waals surface area contributed by atoms with Crippen LogP contribution in [-0.2, 0) is 27.7 Å². The van der Waals surface area contributed by atoms with Crippen LogP contribution in [0.5, 0.6) is 0 Å². The van der Waals surface area contributed by atoms with E-state index in [-0.39, 0.29) is 17.6 Å². The van der Waals surface area contributed by atoms with Crippen molar-refractivity contribution < 1.29 is 14.3 Å². The molecule has 1 amide bonds. The number of ether oxygens (including phenoxy) is 2. The highest BCUT2D eigenvalue weighted by Crippen LogP contribution is 2.36. The van der Waals surface area contributed by atoms with Crippen LogP contribution < -0.4 is 0 Å². The largest absolute Gasteiger partial charge is 0.378 e. The van der Waals surface area contributed by atoms with Gasteiger partial charge in [-0.25, -0.2) is 0 Å². The molecule has 2 aliphatic heterocycles. The third-order valence-electron chi connectivity index (χ3n) is 5.46. The van der Waals surface area contributed by atoms with Crippen LogP contribution in [0.25, 0.3) is 0 Å². The van der Waals surface area contributed by atoms with Crippen molar-refractivity contribution in [2.24, 2.45) is 7.05 Å². The molecule has 0 N–H and O–H groups in total. The standard InChI is InChI=1S/C17H27N3O3/c1-12-14(13(2)19(3)18-12)10-16(21)20-8-6-15(22-4)17(11-20)7-5-9-23-17/h15H,5-11H2,1-4H3/t15-,17-/m0/s1. The molecule has 6 nitrogen and oxygen atoms in total. The molecule has 3 rings (SSSR count). The molecule has 2 aliphatic rings. The van der Waals surface area contributed by atoms with E-state index in [4.69, 9.17) is 9.47 Å². The minimum atomic E-state index is -0.304. The van der Waals surface area contributed by atoms with Crippen LogP contribution >= 0.6 is 0 Å². The molecule has 2 saturated heterocycles. The van der Waals surface area contributed by atoms with Crippen LogP contribution in [0.4, 0.5) is 0 Å². The molecule has 2 fully saturated rings. The van der Waals surface area contributed by atoms with Gasteiger partial charge in [-0.15, -0.1) is 0 Å². The van der Waals surface area contributed by atoms with E-state index in [2.05, 4.69) is 5.10 Å². The third kappa shape index (κ3) is 2.90. The summed E-state index contributed by atoms with van der Waals surface area (Å²) in [5, 5.41) is 4.41. The monoisotopic (exact) mass is 321 g/mol. The van der Waals surface area contributed by atoms with Gasteiger partial charge in [0.05, 0.1) is 24.8 Å². The van der Waals surface area contributed by atoms with E-state index in [1.807, 2.05) is 30.5 Å². The predicted molar refractivity (Wildman–Crippen MR) is 86.3 cm³/mol. The van der Waals surface area contributed by atoms with Crippen molar-refractivity contribution in [2.75, 3.05) is 26.8 Å². The van der Waals surface area contributed by atoms with Crippen LogP contribution in [-0.4, -0.2) is 59.1 Å². The summed E-state index contributed by atoms with van der Waals surface area (Å²) in [6.07, 6.45) is 3.37. The van der Waals surface area contributed by atoms with Crippen LogP contribution in [0.15, 0.2) is 0 Å². The number of nitrogens with zero attached hydrogens (tertiary/aromatic N) is 3. The van der Waals surface area contributed by atoms with Crippen molar-refractivity contribution in [1.29, 1.82) is 0 Å². The Morgan fingerprint density at radius 2 is 2.26 bits per heavy atom. The summed E-state index contributed by atoms with van der Waals surface area (Å²) in [5.74, 6) is 0.161. The van der Waals surface area contributed by atoms with Crippen LogP contribution in [0.1, 0.15) is 36.2 Å². The fourth-order valence-corrected chi connectivity index (χ4v) is 4.02. The van der Waals surface area contributed by atoms with Gasteiger partial charge in [0.15, 0.2) is 0 Å². The van der Waals surface area contributed by atoms with E-state index in [1.54, 1.807) is 7.11 Å². The number of carbonyl (C=O) groups excluding carboxylic acids is 1. The van der Waals surface area contributed by atoms with Gasteiger partial charge in [-0.2, -0.15) is 5.10 Å². The molecule has 0 bridgehead atoms. The molecule has 3 heterocycles. The summed E-state index contributed by atoms with van der Waals surface area (Å²) in [4.78, 5) is 14.8. The van der Waals surface area contributed by atoms with Crippen LogP contribution in [0.3, 0.4) is 0 Å². The van der Waals surface area contributed by atoms with Gasteiger partial charge in [0.2, 0.25) is 5.91 Å². The quantitative estimate of drug-likeness (QED) is 0.844. The molecule has 0 saturated carbocycles. The first-order valence-electron chi connectivity index (χ1n) is 8.40. The third-order valence-corrected chi connectivity index (χ3v) is 5.46. The number of likely N-dealkylation sites (tertiary alicyclic amines) is 1. The number of hydrogen-bond donors (Lipinski definition) is 0. The number of aromatic nitrogens is 2. The zero-order chi connectivity index (χ0) is 16.6. The summed E-state index contributed by atoms with van der Waals surface area (Å²) >= 11 is 0. The topological polar surface area (TPSA) is 56.6 Å². The summed E-state index contributed by atoms with van der Waals surface area (Å²) in [6.45, 7) is 6.13. The number of aryl methyl sites for hydroxylation is 2. The fraction of sp³-hybridized carbons (Fsp3) is 0.765. The van der Waals surface area contributed by atoms with Crippen molar-refractivity contribution in [2.45, 2.75) is 51.2 Å². The highest BCUT2D eigenvalue weighted by molar-refractivity contribution is 5.79. The maximum absolute atomic E-state index is 12.8. The number of piperidine rings is 1.